The van der Waals surface area contributed by atoms with Gasteiger partial charge < -0.3 is 11.1 Å². The number of benzene rings is 1. The lowest BCUT2D eigenvalue weighted by Crippen LogP contribution is -2.60. The van der Waals surface area contributed by atoms with E-state index >= 15 is 0 Å². The van der Waals surface area contributed by atoms with Crippen LogP contribution in [0.3, 0.4) is 0 Å². The van der Waals surface area contributed by atoms with Crippen molar-refractivity contribution in [3.05, 3.63) is 23.2 Å². The summed E-state index contributed by atoms with van der Waals surface area (Å²) in [5.41, 5.74) is 5.97. The Morgan fingerprint density at radius 1 is 1.28 bits per heavy atom. The van der Waals surface area contributed by atoms with Crippen molar-refractivity contribution in [1.82, 2.24) is 0 Å². The molecule has 0 unspecified atom stereocenters. The molecule has 0 aliphatic heterocycles. The topological polar surface area (TPSA) is 75.4 Å². The zero-order valence-electron chi connectivity index (χ0n) is 14.1. The number of primary amides is 1. The molecule has 0 aromatic heterocycles. The molecule has 0 atom stereocenters. The van der Waals surface area contributed by atoms with Crippen LogP contribution in [0.1, 0.15) is 44.9 Å². The second-order valence-electron chi connectivity index (χ2n) is 6.82. The van der Waals surface area contributed by atoms with Gasteiger partial charge in [-0.05, 0) is 49.8 Å². The summed E-state index contributed by atoms with van der Waals surface area (Å²) in [7, 11) is 0. The van der Waals surface area contributed by atoms with Gasteiger partial charge in [0.25, 0.3) is 0 Å². The van der Waals surface area contributed by atoms with Gasteiger partial charge >= 0.3 is 5.91 Å². The van der Waals surface area contributed by atoms with Crippen molar-refractivity contribution in [3.8, 4) is 12.3 Å². The Balaban J connectivity index is 2.00. The number of hydrogen-bond acceptors (Lipinski definition) is 3. The molecule has 0 heterocycles. The first-order chi connectivity index (χ1) is 12.0. The zero-order valence-corrected chi connectivity index (χ0v) is 14.8. The van der Waals surface area contributed by atoms with Crippen molar-refractivity contribution in [2.75, 3.05) is 10.2 Å². The Kier molecular flexibility index (Phi) is 4.91. The van der Waals surface area contributed by atoms with E-state index in [4.69, 9.17) is 23.8 Å². The highest BCUT2D eigenvalue weighted by atomic mass is 35.5. The number of hydrogen-bond donors (Lipinski definition) is 2. The highest BCUT2D eigenvalue weighted by Crippen LogP contribution is 2.39. The second kappa shape index (κ2) is 6.97. The molecule has 2 amide bonds. The average molecular weight is 360 g/mol. The van der Waals surface area contributed by atoms with Gasteiger partial charge in [0.15, 0.2) is 0 Å². The first-order valence-electron chi connectivity index (χ1n) is 8.65. The third-order valence-electron chi connectivity index (χ3n) is 5.04. The van der Waals surface area contributed by atoms with E-state index in [0.29, 0.717) is 29.6 Å². The molecule has 6 heteroatoms. The monoisotopic (exact) mass is 359 g/mol. The number of nitrogens with zero attached hydrogens (tertiary/aromatic N) is 1. The number of anilines is 2. The van der Waals surface area contributed by atoms with Gasteiger partial charge in [0, 0.05) is 11.7 Å². The normalized spacial score (nSPS) is 18.9. The first kappa shape index (κ1) is 17.6. The quantitative estimate of drug-likeness (QED) is 0.793. The lowest BCUT2D eigenvalue weighted by Gasteiger charge is -2.43. The van der Waals surface area contributed by atoms with Gasteiger partial charge in [-0.2, -0.15) is 0 Å². The number of nitrogens with one attached hydrogen (secondary N) is 1. The number of nitrogens with two attached hydrogens (primary N) is 1. The van der Waals surface area contributed by atoms with Crippen LogP contribution in [0.25, 0.3) is 0 Å². The van der Waals surface area contributed by atoms with Crippen LogP contribution in [-0.4, -0.2) is 23.4 Å². The number of carbonyl (C=O) groups is 2. The Hall–Kier alpha value is -2.19. The van der Waals surface area contributed by atoms with Gasteiger partial charge in [-0.1, -0.05) is 30.9 Å². The van der Waals surface area contributed by atoms with Crippen LogP contribution in [0.4, 0.5) is 11.4 Å². The van der Waals surface area contributed by atoms with Crippen LogP contribution in [0.5, 0.6) is 0 Å². The molecule has 2 aliphatic rings. The van der Waals surface area contributed by atoms with E-state index in [1.807, 2.05) is 6.07 Å². The van der Waals surface area contributed by atoms with E-state index in [0.717, 1.165) is 37.8 Å². The van der Waals surface area contributed by atoms with Crippen LogP contribution in [0.2, 0.25) is 5.02 Å². The van der Waals surface area contributed by atoms with Gasteiger partial charge in [-0.15, -0.1) is 6.42 Å². The number of amides is 2. The third kappa shape index (κ3) is 3.45. The van der Waals surface area contributed by atoms with Gasteiger partial charge in [0.2, 0.25) is 5.91 Å². The van der Waals surface area contributed by atoms with Crippen molar-refractivity contribution in [1.29, 1.82) is 0 Å². The van der Waals surface area contributed by atoms with Crippen LogP contribution in [0.15, 0.2) is 18.2 Å². The molecule has 1 aromatic rings. The predicted molar refractivity (Wildman–Crippen MR) is 99.4 cm³/mol. The molecule has 2 aliphatic carbocycles. The molecule has 3 N–H and O–H groups in total. The molecule has 0 radical (unpaired) electrons. The maximum absolute atomic E-state index is 12.5. The summed E-state index contributed by atoms with van der Waals surface area (Å²) < 4.78 is 0. The molecule has 3 rings (SSSR count). The Morgan fingerprint density at radius 2 is 1.96 bits per heavy atom. The fourth-order valence-electron chi connectivity index (χ4n) is 3.55. The third-order valence-corrected chi connectivity index (χ3v) is 5.35. The standard InChI is InChI=1S/C19H22ClN3O2/c1-2-17(24)23(19(18(21)25)10-4-3-5-11-19)14-8-9-16(15(20)12-14)22-13-6-7-13/h1,8-9,12-13,22H,3-7,10-11H2,(H2,21,25). The number of carbonyl (C=O) groups excluding carboxylic acids is 2. The van der Waals surface area contributed by atoms with Gasteiger partial charge in [-0.3, -0.25) is 14.5 Å². The molecule has 132 valence electrons. The number of terminal acetylenes is 1. The molecule has 2 fully saturated rings. The van der Waals surface area contributed by atoms with Crippen LogP contribution < -0.4 is 16.0 Å². The first-order valence-corrected chi connectivity index (χ1v) is 9.02. The summed E-state index contributed by atoms with van der Waals surface area (Å²) in [5, 5.41) is 3.83. The molecule has 0 spiro atoms. The minimum atomic E-state index is -1.09. The molecular weight excluding hydrogens is 338 g/mol. The molecule has 25 heavy (non-hydrogen) atoms. The lowest BCUT2D eigenvalue weighted by molar-refractivity contribution is -0.127. The highest BCUT2D eigenvalue weighted by Gasteiger charge is 2.46. The Labute approximate surface area is 152 Å². The largest absolute Gasteiger partial charge is 0.381 e. The molecule has 2 saturated carbocycles. The zero-order chi connectivity index (χ0) is 18.0. The van der Waals surface area contributed by atoms with Crippen molar-refractivity contribution >= 4 is 34.8 Å². The van der Waals surface area contributed by atoms with E-state index in [2.05, 4.69) is 11.2 Å². The predicted octanol–water partition coefficient (Wildman–Crippen LogP) is 3.07. The Morgan fingerprint density at radius 3 is 2.48 bits per heavy atom. The summed E-state index contributed by atoms with van der Waals surface area (Å²) in [5.74, 6) is 1.05. The second-order valence-corrected chi connectivity index (χ2v) is 7.23. The number of halogens is 1. The molecule has 5 nitrogen and oxygen atoms in total. The number of rotatable bonds is 5. The summed E-state index contributed by atoms with van der Waals surface area (Å²) in [6.45, 7) is 0. The summed E-state index contributed by atoms with van der Waals surface area (Å²) in [6, 6.07) is 5.73. The molecule has 0 saturated heterocycles. The van der Waals surface area contributed by atoms with E-state index < -0.39 is 17.4 Å². The fourth-order valence-corrected chi connectivity index (χ4v) is 3.78. The average Bonchev–Trinajstić information content (AvgIpc) is 3.42. The van der Waals surface area contributed by atoms with Crippen molar-refractivity contribution in [2.45, 2.75) is 56.5 Å². The van der Waals surface area contributed by atoms with Crippen molar-refractivity contribution in [3.63, 3.8) is 0 Å². The Bertz CT molecular complexity index is 731. The minimum absolute atomic E-state index is 0.460. The lowest BCUT2D eigenvalue weighted by atomic mass is 9.79. The SMILES string of the molecule is C#CC(=O)N(c1ccc(NC2CC2)c(Cl)c1)C1(C(N)=O)CCCCC1. The summed E-state index contributed by atoms with van der Waals surface area (Å²) >= 11 is 6.39. The van der Waals surface area contributed by atoms with Crippen molar-refractivity contribution < 1.29 is 9.59 Å². The fraction of sp³-hybridized carbons (Fsp3) is 0.474. The van der Waals surface area contributed by atoms with Crippen LogP contribution in [0, 0.1) is 12.3 Å². The van der Waals surface area contributed by atoms with Gasteiger partial charge in [-0.25, -0.2) is 0 Å². The smallest absolute Gasteiger partial charge is 0.303 e. The molecule has 0 bridgehead atoms. The summed E-state index contributed by atoms with van der Waals surface area (Å²) in [4.78, 5) is 26.2. The maximum Gasteiger partial charge on any atom is 0.303 e. The van der Waals surface area contributed by atoms with Crippen LogP contribution >= 0.6 is 11.6 Å². The van der Waals surface area contributed by atoms with E-state index in [1.165, 1.54) is 4.90 Å². The summed E-state index contributed by atoms with van der Waals surface area (Å²) in [6.07, 6.45) is 11.3. The van der Waals surface area contributed by atoms with E-state index in [1.54, 1.807) is 12.1 Å². The van der Waals surface area contributed by atoms with E-state index in [-0.39, 0.29) is 0 Å². The van der Waals surface area contributed by atoms with Gasteiger partial charge in [0.05, 0.1) is 10.7 Å². The maximum atomic E-state index is 12.5. The van der Waals surface area contributed by atoms with Gasteiger partial charge in [0.1, 0.15) is 5.54 Å². The molecule has 1 aromatic carbocycles. The molecular formula is C19H22ClN3O2. The van der Waals surface area contributed by atoms with Crippen LogP contribution in [-0.2, 0) is 9.59 Å². The minimum Gasteiger partial charge on any atom is -0.381 e. The highest BCUT2D eigenvalue weighted by molar-refractivity contribution is 6.33. The van der Waals surface area contributed by atoms with Crippen molar-refractivity contribution in [2.24, 2.45) is 5.73 Å². The van der Waals surface area contributed by atoms with E-state index in [9.17, 15) is 9.59 Å².